The molecule has 0 aromatic rings. The quantitative estimate of drug-likeness (QED) is 0.547. The van der Waals surface area contributed by atoms with Crippen LogP contribution in [0, 0.1) is 5.41 Å². The second-order valence-corrected chi connectivity index (χ2v) is 3.70. The lowest BCUT2D eigenvalue weighted by Crippen LogP contribution is -2.23. The van der Waals surface area contributed by atoms with Gasteiger partial charge in [0, 0.05) is 12.8 Å². The first-order valence-electron chi connectivity index (χ1n) is 4.18. The molecule has 0 atom stereocenters. The van der Waals surface area contributed by atoms with Crippen molar-refractivity contribution < 1.29 is 4.79 Å². The molecule has 0 heterocycles. The van der Waals surface area contributed by atoms with Crippen LogP contribution in [0.15, 0.2) is 0 Å². The molecule has 1 heteroatoms. The summed E-state index contributed by atoms with van der Waals surface area (Å²) < 4.78 is 0. The summed E-state index contributed by atoms with van der Waals surface area (Å²) in [6.45, 7) is 4.51. The summed E-state index contributed by atoms with van der Waals surface area (Å²) in [6, 6.07) is 0. The van der Waals surface area contributed by atoms with Gasteiger partial charge in [-0.3, -0.25) is 4.79 Å². The minimum Gasteiger partial charge on any atom is -0.300 e. The Balaban J connectivity index is 2.46. The number of rotatable bonds is 1. The largest absolute Gasteiger partial charge is 0.300 e. The molecular weight excluding hydrogens is 124 g/mol. The Labute approximate surface area is 62.8 Å². The first-order chi connectivity index (χ1) is 4.66. The highest BCUT2D eigenvalue weighted by atomic mass is 16.1. The van der Waals surface area contributed by atoms with Crippen molar-refractivity contribution in [1.82, 2.24) is 0 Å². The summed E-state index contributed by atoms with van der Waals surface area (Å²) in [5.41, 5.74) is 0.480. The second kappa shape index (κ2) is 2.73. The van der Waals surface area contributed by atoms with E-state index in [1.54, 1.807) is 0 Å². The lowest BCUT2D eigenvalue weighted by molar-refractivity contribution is -0.122. The standard InChI is InChI=1S/C9H16O/c1-3-9(2)6-4-8(10)5-7-9/h3-7H2,1-2H3. The van der Waals surface area contributed by atoms with Crippen molar-refractivity contribution in [3.63, 3.8) is 0 Å². The summed E-state index contributed by atoms with van der Waals surface area (Å²) in [6.07, 6.45) is 5.10. The highest BCUT2D eigenvalue weighted by Crippen LogP contribution is 2.36. The molecule has 1 rings (SSSR count). The van der Waals surface area contributed by atoms with Gasteiger partial charge in [0.25, 0.3) is 0 Å². The van der Waals surface area contributed by atoms with Crippen LogP contribution < -0.4 is 0 Å². The minimum atomic E-state index is 0.464. The Morgan fingerprint density at radius 3 is 2.30 bits per heavy atom. The zero-order valence-corrected chi connectivity index (χ0v) is 6.94. The Bertz CT molecular complexity index is 128. The third kappa shape index (κ3) is 1.59. The predicted octanol–water partition coefficient (Wildman–Crippen LogP) is 2.55. The van der Waals surface area contributed by atoms with Crippen LogP contribution in [0.4, 0.5) is 0 Å². The van der Waals surface area contributed by atoms with Gasteiger partial charge < -0.3 is 0 Å². The fourth-order valence-corrected chi connectivity index (χ4v) is 1.49. The highest BCUT2D eigenvalue weighted by molar-refractivity contribution is 5.79. The SMILES string of the molecule is CCC1(C)CCC(=O)CC1. The smallest absolute Gasteiger partial charge is 0.132 e. The molecule has 1 saturated carbocycles. The number of carbonyl (C=O) groups excluding carboxylic acids is 1. The minimum absolute atomic E-state index is 0.464. The first kappa shape index (κ1) is 7.77. The van der Waals surface area contributed by atoms with E-state index in [1.807, 2.05) is 0 Å². The van der Waals surface area contributed by atoms with Gasteiger partial charge in [0.05, 0.1) is 0 Å². The molecule has 0 aromatic carbocycles. The lowest BCUT2D eigenvalue weighted by atomic mass is 9.74. The van der Waals surface area contributed by atoms with E-state index in [-0.39, 0.29) is 0 Å². The Morgan fingerprint density at radius 1 is 1.40 bits per heavy atom. The number of ketones is 1. The van der Waals surface area contributed by atoms with E-state index in [0.717, 1.165) is 25.7 Å². The van der Waals surface area contributed by atoms with Crippen LogP contribution in [-0.2, 0) is 4.79 Å². The van der Waals surface area contributed by atoms with Gasteiger partial charge in [-0.25, -0.2) is 0 Å². The average Bonchev–Trinajstić information content (AvgIpc) is 1.96. The van der Waals surface area contributed by atoms with Crippen LogP contribution in [0.2, 0.25) is 0 Å². The second-order valence-electron chi connectivity index (χ2n) is 3.70. The maximum Gasteiger partial charge on any atom is 0.132 e. The monoisotopic (exact) mass is 140 g/mol. The molecule has 1 nitrogen and oxygen atoms in total. The summed E-state index contributed by atoms with van der Waals surface area (Å²) in [7, 11) is 0. The molecule has 1 fully saturated rings. The molecule has 1 aliphatic rings. The van der Waals surface area contributed by atoms with E-state index in [2.05, 4.69) is 13.8 Å². The van der Waals surface area contributed by atoms with Crippen molar-refractivity contribution >= 4 is 5.78 Å². The number of hydrogen-bond donors (Lipinski definition) is 0. The van der Waals surface area contributed by atoms with E-state index in [4.69, 9.17) is 0 Å². The van der Waals surface area contributed by atoms with Crippen LogP contribution in [-0.4, -0.2) is 5.78 Å². The third-order valence-corrected chi connectivity index (χ3v) is 2.87. The maximum absolute atomic E-state index is 10.9. The molecule has 0 N–H and O–H groups in total. The Hall–Kier alpha value is -0.330. The molecule has 0 bridgehead atoms. The number of hydrogen-bond acceptors (Lipinski definition) is 1. The van der Waals surface area contributed by atoms with Gasteiger partial charge in [-0.1, -0.05) is 20.3 Å². The molecule has 58 valence electrons. The van der Waals surface area contributed by atoms with Crippen LogP contribution >= 0.6 is 0 Å². The fourth-order valence-electron chi connectivity index (χ4n) is 1.49. The average molecular weight is 140 g/mol. The van der Waals surface area contributed by atoms with Gasteiger partial charge in [0.15, 0.2) is 0 Å². The van der Waals surface area contributed by atoms with E-state index >= 15 is 0 Å². The lowest BCUT2D eigenvalue weighted by Gasteiger charge is -2.31. The van der Waals surface area contributed by atoms with Gasteiger partial charge in [-0.2, -0.15) is 0 Å². The molecular formula is C9H16O. The summed E-state index contributed by atoms with van der Waals surface area (Å²) in [5.74, 6) is 0.464. The first-order valence-corrected chi connectivity index (χ1v) is 4.18. The molecule has 0 amide bonds. The van der Waals surface area contributed by atoms with Crippen molar-refractivity contribution in [3.8, 4) is 0 Å². The van der Waals surface area contributed by atoms with Crippen molar-refractivity contribution in [1.29, 1.82) is 0 Å². The summed E-state index contributed by atoms with van der Waals surface area (Å²) >= 11 is 0. The predicted molar refractivity (Wildman–Crippen MR) is 41.9 cm³/mol. The maximum atomic E-state index is 10.9. The normalized spacial score (nSPS) is 24.8. The third-order valence-electron chi connectivity index (χ3n) is 2.87. The molecule has 10 heavy (non-hydrogen) atoms. The zero-order valence-electron chi connectivity index (χ0n) is 6.94. The van der Waals surface area contributed by atoms with E-state index in [0.29, 0.717) is 11.2 Å². The van der Waals surface area contributed by atoms with Crippen LogP contribution in [0.25, 0.3) is 0 Å². The number of Topliss-reactive ketones (excluding diaryl/α,β-unsaturated/α-hetero) is 1. The molecule has 0 aromatic heterocycles. The molecule has 0 saturated heterocycles. The molecule has 0 aliphatic heterocycles. The number of carbonyl (C=O) groups is 1. The van der Waals surface area contributed by atoms with Gasteiger partial charge in [0.1, 0.15) is 5.78 Å². The Kier molecular flexibility index (Phi) is 2.12. The molecule has 0 unspecified atom stereocenters. The molecule has 0 spiro atoms. The molecule has 0 radical (unpaired) electrons. The van der Waals surface area contributed by atoms with Gasteiger partial charge in [0.2, 0.25) is 0 Å². The van der Waals surface area contributed by atoms with Crippen molar-refractivity contribution in [2.45, 2.75) is 46.0 Å². The zero-order chi connectivity index (χ0) is 7.61. The van der Waals surface area contributed by atoms with Crippen LogP contribution in [0.3, 0.4) is 0 Å². The van der Waals surface area contributed by atoms with Gasteiger partial charge in [-0.05, 0) is 18.3 Å². The van der Waals surface area contributed by atoms with Crippen LogP contribution in [0.1, 0.15) is 46.0 Å². The van der Waals surface area contributed by atoms with E-state index in [9.17, 15) is 4.79 Å². The van der Waals surface area contributed by atoms with Crippen molar-refractivity contribution in [2.75, 3.05) is 0 Å². The fraction of sp³-hybridized carbons (Fsp3) is 0.889. The highest BCUT2D eigenvalue weighted by Gasteiger charge is 2.27. The van der Waals surface area contributed by atoms with Crippen molar-refractivity contribution in [2.24, 2.45) is 5.41 Å². The summed E-state index contributed by atoms with van der Waals surface area (Å²) in [5, 5.41) is 0. The van der Waals surface area contributed by atoms with Crippen LogP contribution in [0.5, 0.6) is 0 Å². The van der Waals surface area contributed by atoms with Gasteiger partial charge in [-0.15, -0.1) is 0 Å². The summed E-state index contributed by atoms with van der Waals surface area (Å²) in [4.78, 5) is 10.9. The topological polar surface area (TPSA) is 17.1 Å². The van der Waals surface area contributed by atoms with Gasteiger partial charge >= 0.3 is 0 Å². The van der Waals surface area contributed by atoms with Crippen molar-refractivity contribution in [3.05, 3.63) is 0 Å². The molecule has 1 aliphatic carbocycles. The van der Waals surface area contributed by atoms with E-state index < -0.39 is 0 Å². The van der Waals surface area contributed by atoms with E-state index in [1.165, 1.54) is 6.42 Å². The Morgan fingerprint density at radius 2 is 1.90 bits per heavy atom.